The van der Waals surface area contributed by atoms with E-state index in [4.69, 9.17) is 5.10 Å². The second kappa shape index (κ2) is 12.6. The van der Waals surface area contributed by atoms with Gasteiger partial charge in [0.15, 0.2) is 0 Å². The molecule has 2 bridgehead atoms. The zero-order valence-electron chi connectivity index (χ0n) is 27.6. The molecule has 2 aliphatic heterocycles. The molecule has 7 rings (SSSR count). The number of nitrogens with one attached hydrogen (secondary N) is 2. The van der Waals surface area contributed by atoms with E-state index in [9.17, 15) is 9.59 Å². The molecule has 0 saturated carbocycles. The molecule has 2 aromatic heterocycles. The Hall–Kier alpha value is -4.43. The lowest BCUT2D eigenvalue weighted by atomic mass is 9.85. The van der Waals surface area contributed by atoms with Gasteiger partial charge in [0.1, 0.15) is 5.82 Å². The van der Waals surface area contributed by atoms with Crippen molar-refractivity contribution in [1.29, 1.82) is 0 Å². The van der Waals surface area contributed by atoms with Gasteiger partial charge in [-0.05, 0) is 97.2 Å². The van der Waals surface area contributed by atoms with E-state index in [0.29, 0.717) is 30.2 Å². The number of thiophene rings is 1. The van der Waals surface area contributed by atoms with Crippen LogP contribution in [0, 0.1) is 12.8 Å². The molecule has 4 heterocycles. The molecule has 47 heavy (non-hydrogen) atoms. The molecule has 0 spiro atoms. The number of hydrogen-bond acceptors (Lipinski definition) is 4. The van der Waals surface area contributed by atoms with Crippen LogP contribution in [0.25, 0.3) is 15.8 Å². The number of aromatic nitrogens is 2. The summed E-state index contributed by atoms with van der Waals surface area (Å²) < 4.78 is 3.04. The summed E-state index contributed by atoms with van der Waals surface area (Å²) in [5.74, 6) is 1.41. The van der Waals surface area contributed by atoms with Gasteiger partial charge in [-0.2, -0.15) is 5.10 Å². The second-order valence-corrected chi connectivity index (χ2v) is 15.3. The predicted octanol–water partition coefficient (Wildman–Crippen LogP) is 8.89. The van der Waals surface area contributed by atoms with Gasteiger partial charge in [0.05, 0.1) is 17.8 Å². The Bertz CT molecular complexity index is 1900. The highest BCUT2D eigenvalue weighted by atomic mass is 32.1. The molecule has 2 saturated heterocycles. The lowest BCUT2D eigenvalue weighted by Gasteiger charge is -2.39. The number of hydrogen-bond donors (Lipinski definition) is 2. The van der Waals surface area contributed by atoms with Gasteiger partial charge in [-0.25, -0.2) is 9.48 Å². The average Bonchev–Trinajstić information content (AvgIpc) is 3.72. The number of piperidine rings is 1. The Morgan fingerprint density at radius 2 is 1.66 bits per heavy atom. The highest BCUT2D eigenvalue weighted by Gasteiger charge is 2.43. The fourth-order valence-corrected chi connectivity index (χ4v) is 8.36. The largest absolute Gasteiger partial charge is 0.336 e. The summed E-state index contributed by atoms with van der Waals surface area (Å²) in [4.78, 5) is 29.0. The van der Waals surface area contributed by atoms with E-state index >= 15 is 0 Å². The van der Waals surface area contributed by atoms with Crippen LogP contribution in [-0.2, 0) is 23.1 Å². The van der Waals surface area contributed by atoms with Gasteiger partial charge >= 0.3 is 6.03 Å². The standard InChI is InChI=1S/C39H43N5O2S/c1-25-12-14-30(15-13-25)44-36(23-35(42-44)39(2,3)4)41-38(46)40-29-9-7-8-26(19-29)18-27-20-31-16-17-32(21-27)43(31)37(45)22-28-24-47-34-11-6-5-10-33(28)34/h5-15,19,23-24,27,31-32H,16-18,20-22H2,1-4H3,(H2,40,41,46). The van der Waals surface area contributed by atoms with E-state index in [1.54, 1.807) is 16.0 Å². The van der Waals surface area contributed by atoms with Crippen molar-refractivity contribution in [3.05, 3.63) is 107 Å². The van der Waals surface area contributed by atoms with Gasteiger partial charge in [0.2, 0.25) is 5.91 Å². The summed E-state index contributed by atoms with van der Waals surface area (Å²) in [5.41, 5.74) is 5.91. The molecular formula is C39H43N5O2S. The van der Waals surface area contributed by atoms with Crippen molar-refractivity contribution >= 4 is 44.9 Å². The Kier molecular flexibility index (Phi) is 8.39. The first-order valence-corrected chi connectivity index (χ1v) is 17.6. The molecule has 242 valence electrons. The van der Waals surface area contributed by atoms with Gasteiger partial charge in [0, 0.05) is 34.0 Å². The number of carbonyl (C=O) groups is 2. The molecular weight excluding hydrogens is 603 g/mol. The van der Waals surface area contributed by atoms with Gasteiger partial charge in [-0.3, -0.25) is 10.1 Å². The number of fused-ring (bicyclic) bond motifs is 3. The maximum absolute atomic E-state index is 13.6. The van der Waals surface area contributed by atoms with E-state index in [2.05, 4.69) is 85.0 Å². The van der Waals surface area contributed by atoms with Crippen molar-refractivity contribution in [2.75, 3.05) is 10.6 Å². The number of nitrogens with zero attached hydrogens (tertiary/aromatic N) is 3. The molecule has 7 nitrogen and oxygen atoms in total. The molecule has 5 aromatic rings. The van der Waals surface area contributed by atoms with Crippen molar-refractivity contribution in [3.8, 4) is 5.69 Å². The topological polar surface area (TPSA) is 79.3 Å². The highest BCUT2D eigenvalue weighted by molar-refractivity contribution is 7.17. The lowest BCUT2D eigenvalue weighted by Crippen LogP contribution is -2.47. The molecule has 0 aliphatic carbocycles. The molecule has 8 heteroatoms. The average molecular weight is 646 g/mol. The minimum Gasteiger partial charge on any atom is -0.336 e. The summed E-state index contributed by atoms with van der Waals surface area (Å²) in [5, 5.41) is 14.3. The molecule has 2 fully saturated rings. The van der Waals surface area contributed by atoms with Crippen LogP contribution in [0.3, 0.4) is 0 Å². The fraction of sp³-hybridized carbons (Fsp3) is 0.359. The molecule has 2 unspecified atom stereocenters. The Morgan fingerprint density at radius 1 is 0.915 bits per heavy atom. The molecule has 2 atom stereocenters. The van der Waals surface area contributed by atoms with E-state index in [-0.39, 0.29) is 17.4 Å². The Morgan fingerprint density at radius 3 is 2.40 bits per heavy atom. The summed E-state index contributed by atoms with van der Waals surface area (Å²) in [6.45, 7) is 8.40. The second-order valence-electron chi connectivity index (χ2n) is 14.4. The lowest BCUT2D eigenvalue weighted by molar-refractivity contribution is -0.135. The maximum atomic E-state index is 13.6. The van der Waals surface area contributed by atoms with E-state index in [1.165, 1.54) is 21.2 Å². The number of urea groups is 1. The zero-order chi connectivity index (χ0) is 32.7. The number of carbonyl (C=O) groups excluding carboxylic acids is 2. The van der Waals surface area contributed by atoms with Crippen LogP contribution in [0.5, 0.6) is 0 Å². The van der Waals surface area contributed by atoms with E-state index in [1.807, 2.05) is 42.5 Å². The van der Waals surface area contributed by atoms with Gasteiger partial charge in [0.25, 0.3) is 0 Å². The van der Waals surface area contributed by atoms with Crippen LogP contribution < -0.4 is 10.6 Å². The number of amides is 3. The summed E-state index contributed by atoms with van der Waals surface area (Å²) in [6, 6.07) is 26.9. The van der Waals surface area contributed by atoms with Crippen molar-refractivity contribution in [2.24, 2.45) is 5.92 Å². The van der Waals surface area contributed by atoms with Crippen LogP contribution in [0.2, 0.25) is 0 Å². The first kappa shape index (κ1) is 31.2. The van der Waals surface area contributed by atoms with Crippen LogP contribution in [-0.4, -0.2) is 38.7 Å². The summed E-state index contributed by atoms with van der Waals surface area (Å²) >= 11 is 1.72. The van der Waals surface area contributed by atoms with Gasteiger partial charge in [-0.15, -0.1) is 11.3 Å². The third-order valence-electron chi connectivity index (χ3n) is 9.73. The monoisotopic (exact) mass is 645 g/mol. The smallest absolute Gasteiger partial charge is 0.324 e. The van der Waals surface area contributed by atoms with Crippen molar-refractivity contribution in [1.82, 2.24) is 14.7 Å². The summed E-state index contributed by atoms with van der Waals surface area (Å²) in [7, 11) is 0. The van der Waals surface area contributed by atoms with Crippen LogP contribution >= 0.6 is 11.3 Å². The number of aryl methyl sites for hydroxylation is 1. The normalized spacial score (nSPS) is 19.2. The quantitative estimate of drug-likeness (QED) is 0.186. The van der Waals surface area contributed by atoms with E-state index in [0.717, 1.165) is 54.7 Å². The van der Waals surface area contributed by atoms with Gasteiger partial charge < -0.3 is 10.2 Å². The van der Waals surface area contributed by atoms with Crippen LogP contribution in [0.1, 0.15) is 68.8 Å². The third kappa shape index (κ3) is 6.70. The highest BCUT2D eigenvalue weighted by Crippen LogP contribution is 2.41. The molecule has 3 amide bonds. The molecule has 2 aliphatic rings. The van der Waals surface area contributed by atoms with Crippen LogP contribution in [0.15, 0.2) is 84.2 Å². The first-order chi connectivity index (χ1) is 22.6. The van der Waals surface area contributed by atoms with Crippen molar-refractivity contribution in [3.63, 3.8) is 0 Å². The SMILES string of the molecule is Cc1ccc(-n2nc(C(C)(C)C)cc2NC(=O)Nc2cccc(CC3CC4CCC(C3)N4C(=O)Cc3csc4ccccc34)c2)cc1. The van der Waals surface area contributed by atoms with E-state index < -0.39 is 0 Å². The minimum atomic E-state index is -0.306. The van der Waals surface area contributed by atoms with Crippen LogP contribution in [0.4, 0.5) is 16.3 Å². The first-order valence-electron chi connectivity index (χ1n) is 16.7. The minimum absolute atomic E-state index is 0.168. The number of rotatable bonds is 7. The Balaban J connectivity index is 0.986. The maximum Gasteiger partial charge on any atom is 0.324 e. The number of anilines is 2. The predicted molar refractivity (Wildman–Crippen MR) is 192 cm³/mol. The van der Waals surface area contributed by atoms with Gasteiger partial charge in [-0.1, -0.05) is 68.8 Å². The molecule has 2 N–H and O–H groups in total. The van der Waals surface area contributed by atoms with Crippen molar-refractivity contribution in [2.45, 2.75) is 83.7 Å². The summed E-state index contributed by atoms with van der Waals surface area (Å²) in [6.07, 6.45) is 5.68. The van der Waals surface area contributed by atoms with Crippen molar-refractivity contribution < 1.29 is 9.59 Å². The molecule has 0 radical (unpaired) electrons. The fourth-order valence-electron chi connectivity index (χ4n) is 7.40. The Labute approximate surface area is 281 Å². The third-order valence-corrected chi connectivity index (χ3v) is 10.7. The number of benzene rings is 3. The zero-order valence-corrected chi connectivity index (χ0v) is 28.4. The molecule has 3 aromatic carbocycles.